The minimum atomic E-state index is -0.0901. The van der Waals surface area contributed by atoms with Gasteiger partial charge in [-0.15, -0.1) is 0 Å². The van der Waals surface area contributed by atoms with E-state index in [1.54, 1.807) is 31.0 Å². The predicted molar refractivity (Wildman–Crippen MR) is 80.6 cm³/mol. The summed E-state index contributed by atoms with van der Waals surface area (Å²) in [7, 11) is 1.56. The number of halogens is 1. The summed E-state index contributed by atoms with van der Waals surface area (Å²) in [6.45, 7) is 2.83. The molecule has 1 N–H and O–H groups in total. The third kappa shape index (κ3) is 4.53. The van der Waals surface area contributed by atoms with Gasteiger partial charge in [-0.3, -0.25) is 4.79 Å². The number of carbonyl (C=O) groups excluding carboxylic acids is 1. The highest BCUT2D eigenvalue weighted by Crippen LogP contribution is 2.23. The van der Waals surface area contributed by atoms with Gasteiger partial charge in [0.1, 0.15) is 5.75 Å². The third-order valence-corrected chi connectivity index (χ3v) is 4.18. The molecule has 0 aliphatic carbocycles. The van der Waals surface area contributed by atoms with Crippen LogP contribution in [0.15, 0.2) is 22.7 Å². The number of thioether (sulfide) groups is 1. The van der Waals surface area contributed by atoms with Gasteiger partial charge in [0.2, 0.25) is 0 Å². The molecule has 1 aromatic carbocycles. The van der Waals surface area contributed by atoms with Crippen LogP contribution in [0, 0.1) is 0 Å². The molecule has 1 rings (SSSR count). The number of ether oxygens (including phenoxy) is 1. The average Bonchev–Trinajstić information content (AvgIpc) is 2.37. The van der Waals surface area contributed by atoms with E-state index in [1.807, 2.05) is 6.07 Å². The Bertz CT molecular complexity index is 412. The standard InChI is InChI=1S/C13H18BrNO2S/c1-9(18-3)6-7-15-13(16)11-5-4-10(14)8-12(11)17-2/h4-5,8-9H,6-7H2,1-3H3,(H,15,16). The van der Waals surface area contributed by atoms with E-state index < -0.39 is 0 Å². The molecule has 1 unspecified atom stereocenters. The molecule has 1 atom stereocenters. The van der Waals surface area contributed by atoms with Gasteiger partial charge in [0.05, 0.1) is 12.7 Å². The van der Waals surface area contributed by atoms with Gasteiger partial charge in [0.25, 0.3) is 5.91 Å². The Labute approximate surface area is 121 Å². The van der Waals surface area contributed by atoms with E-state index in [-0.39, 0.29) is 5.91 Å². The Balaban J connectivity index is 2.61. The molecule has 0 heterocycles. The van der Waals surface area contributed by atoms with Gasteiger partial charge in [0, 0.05) is 16.3 Å². The first-order chi connectivity index (χ1) is 8.58. The molecule has 100 valence electrons. The lowest BCUT2D eigenvalue weighted by atomic mass is 10.2. The van der Waals surface area contributed by atoms with Gasteiger partial charge in [-0.05, 0) is 30.9 Å². The van der Waals surface area contributed by atoms with Crippen LogP contribution >= 0.6 is 27.7 Å². The molecule has 1 aromatic rings. The number of nitrogens with one attached hydrogen (secondary N) is 1. The maximum absolute atomic E-state index is 12.0. The van der Waals surface area contributed by atoms with Crippen LogP contribution < -0.4 is 10.1 Å². The van der Waals surface area contributed by atoms with Crippen molar-refractivity contribution in [3.05, 3.63) is 28.2 Å². The molecule has 0 spiro atoms. The van der Waals surface area contributed by atoms with Crippen LogP contribution in [-0.2, 0) is 0 Å². The van der Waals surface area contributed by atoms with Crippen LogP contribution in [0.2, 0.25) is 0 Å². The molecule has 0 bridgehead atoms. The Kier molecular flexibility index (Phi) is 6.57. The number of hydrogen-bond donors (Lipinski definition) is 1. The SMILES string of the molecule is COc1cc(Br)ccc1C(=O)NCCC(C)SC. The zero-order chi connectivity index (χ0) is 13.5. The summed E-state index contributed by atoms with van der Waals surface area (Å²) in [6, 6.07) is 5.39. The molecule has 0 aliphatic rings. The Hall–Kier alpha value is -0.680. The van der Waals surface area contributed by atoms with Crippen molar-refractivity contribution in [2.45, 2.75) is 18.6 Å². The fourth-order valence-electron chi connectivity index (χ4n) is 1.45. The van der Waals surface area contributed by atoms with E-state index in [1.165, 1.54) is 0 Å². The second-order valence-electron chi connectivity index (χ2n) is 3.94. The van der Waals surface area contributed by atoms with Gasteiger partial charge < -0.3 is 10.1 Å². The summed E-state index contributed by atoms with van der Waals surface area (Å²) in [6.07, 6.45) is 3.04. The Morgan fingerprint density at radius 2 is 2.28 bits per heavy atom. The molecule has 0 aliphatic heterocycles. The number of amides is 1. The minimum Gasteiger partial charge on any atom is -0.496 e. The summed E-state index contributed by atoms with van der Waals surface area (Å²) in [4.78, 5) is 12.0. The first-order valence-corrected chi connectivity index (χ1v) is 7.81. The molecule has 1 amide bonds. The normalized spacial score (nSPS) is 12.0. The second kappa shape index (κ2) is 7.69. The van der Waals surface area contributed by atoms with Gasteiger partial charge in [-0.25, -0.2) is 0 Å². The smallest absolute Gasteiger partial charge is 0.255 e. The maximum Gasteiger partial charge on any atom is 0.255 e. The summed E-state index contributed by atoms with van der Waals surface area (Å²) < 4.78 is 6.10. The lowest BCUT2D eigenvalue weighted by molar-refractivity contribution is 0.0950. The number of hydrogen-bond acceptors (Lipinski definition) is 3. The molecule has 0 saturated heterocycles. The van der Waals surface area contributed by atoms with Gasteiger partial charge >= 0.3 is 0 Å². The van der Waals surface area contributed by atoms with Crippen LogP contribution in [-0.4, -0.2) is 31.1 Å². The third-order valence-electron chi connectivity index (χ3n) is 2.65. The van der Waals surface area contributed by atoms with Crippen molar-refractivity contribution in [2.75, 3.05) is 19.9 Å². The minimum absolute atomic E-state index is 0.0901. The van der Waals surface area contributed by atoms with E-state index >= 15 is 0 Å². The highest BCUT2D eigenvalue weighted by Gasteiger charge is 2.12. The topological polar surface area (TPSA) is 38.3 Å². The molecule has 18 heavy (non-hydrogen) atoms. The molecular weight excluding hydrogens is 314 g/mol. The monoisotopic (exact) mass is 331 g/mol. The van der Waals surface area contributed by atoms with E-state index in [4.69, 9.17) is 4.74 Å². The summed E-state index contributed by atoms with van der Waals surface area (Å²) >= 11 is 5.15. The summed E-state index contributed by atoms with van der Waals surface area (Å²) in [5.74, 6) is 0.493. The first-order valence-electron chi connectivity index (χ1n) is 5.73. The molecule has 0 saturated carbocycles. The fraction of sp³-hybridized carbons (Fsp3) is 0.462. The highest BCUT2D eigenvalue weighted by molar-refractivity contribution is 9.10. The first kappa shape index (κ1) is 15.4. The number of rotatable bonds is 6. The summed E-state index contributed by atoms with van der Waals surface area (Å²) in [5.41, 5.74) is 0.567. The van der Waals surface area contributed by atoms with E-state index in [2.05, 4.69) is 34.4 Å². The van der Waals surface area contributed by atoms with Crippen molar-refractivity contribution in [1.29, 1.82) is 0 Å². The van der Waals surface area contributed by atoms with Gasteiger partial charge in [0.15, 0.2) is 0 Å². The van der Waals surface area contributed by atoms with Crippen molar-refractivity contribution in [3.8, 4) is 5.75 Å². The molecular formula is C13H18BrNO2S. The van der Waals surface area contributed by atoms with E-state index in [0.29, 0.717) is 23.1 Å². The highest BCUT2D eigenvalue weighted by atomic mass is 79.9. The molecule has 3 nitrogen and oxygen atoms in total. The van der Waals surface area contributed by atoms with Crippen LogP contribution in [0.25, 0.3) is 0 Å². The lowest BCUT2D eigenvalue weighted by Gasteiger charge is -2.11. The van der Waals surface area contributed by atoms with Gasteiger partial charge in [-0.1, -0.05) is 22.9 Å². The van der Waals surface area contributed by atoms with Crippen molar-refractivity contribution in [3.63, 3.8) is 0 Å². The fourth-order valence-corrected chi connectivity index (χ4v) is 2.15. The van der Waals surface area contributed by atoms with Crippen LogP contribution in [0.5, 0.6) is 5.75 Å². The molecule has 0 aromatic heterocycles. The zero-order valence-corrected chi connectivity index (χ0v) is 13.2. The van der Waals surface area contributed by atoms with Crippen molar-refractivity contribution < 1.29 is 9.53 Å². The quantitative estimate of drug-likeness (QED) is 0.868. The number of carbonyl (C=O) groups is 1. The zero-order valence-electron chi connectivity index (χ0n) is 10.8. The van der Waals surface area contributed by atoms with Gasteiger partial charge in [-0.2, -0.15) is 11.8 Å². The second-order valence-corrected chi connectivity index (χ2v) is 6.13. The maximum atomic E-state index is 12.0. The lowest BCUT2D eigenvalue weighted by Crippen LogP contribution is -2.26. The van der Waals surface area contributed by atoms with Crippen LogP contribution in [0.3, 0.4) is 0 Å². The Morgan fingerprint density at radius 1 is 1.56 bits per heavy atom. The molecule has 5 heteroatoms. The molecule has 0 radical (unpaired) electrons. The van der Waals surface area contributed by atoms with E-state index in [9.17, 15) is 4.79 Å². The average molecular weight is 332 g/mol. The van der Waals surface area contributed by atoms with Crippen molar-refractivity contribution >= 4 is 33.6 Å². The largest absolute Gasteiger partial charge is 0.496 e. The Morgan fingerprint density at radius 3 is 2.89 bits per heavy atom. The van der Waals surface area contributed by atoms with E-state index in [0.717, 1.165) is 10.9 Å². The predicted octanol–water partition coefficient (Wildman–Crippen LogP) is 3.33. The van der Waals surface area contributed by atoms with Crippen molar-refractivity contribution in [1.82, 2.24) is 5.32 Å². The van der Waals surface area contributed by atoms with Crippen LogP contribution in [0.1, 0.15) is 23.7 Å². The molecule has 0 fully saturated rings. The van der Waals surface area contributed by atoms with Crippen LogP contribution in [0.4, 0.5) is 0 Å². The van der Waals surface area contributed by atoms with Crippen molar-refractivity contribution in [2.24, 2.45) is 0 Å². The number of methoxy groups -OCH3 is 1. The summed E-state index contributed by atoms with van der Waals surface area (Å²) in [5, 5.41) is 3.46. The number of benzene rings is 1.